The first kappa shape index (κ1) is 33.6. The van der Waals surface area contributed by atoms with Crippen molar-refractivity contribution in [1.29, 1.82) is 0 Å². The monoisotopic (exact) mass is 650 g/mol. The predicted octanol–water partition coefficient (Wildman–Crippen LogP) is 5.36. The molecule has 0 bridgehead atoms. The number of amides is 2. The first-order valence-electron chi connectivity index (χ1n) is 13.1. The van der Waals surface area contributed by atoms with Crippen molar-refractivity contribution in [2.24, 2.45) is 0 Å². The second-order valence-electron chi connectivity index (χ2n) is 10.0. The summed E-state index contributed by atoms with van der Waals surface area (Å²) in [4.78, 5) is 38.8. The number of carbonyl (C=O) groups excluding carboxylic acids is 2. The molecule has 0 aliphatic heterocycles. The number of anilines is 1. The van der Waals surface area contributed by atoms with E-state index in [1.54, 1.807) is 26.0 Å². The molecule has 0 radical (unpaired) electrons. The van der Waals surface area contributed by atoms with Gasteiger partial charge in [0.25, 0.3) is 15.7 Å². The number of halogens is 2. The van der Waals surface area contributed by atoms with E-state index >= 15 is 0 Å². The van der Waals surface area contributed by atoms with E-state index in [1.165, 1.54) is 68.3 Å². The summed E-state index contributed by atoms with van der Waals surface area (Å²) in [6, 6.07) is 12.9. The van der Waals surface area contributed by atoms with E-state index in [0.29, 0.717) is 16.3 Å². The van der Waals surface area contributed by atoms with Crippen LogP contribution in [0.5, 0.6) is 5.75 Å². The van der Waals surface area contributed by atoms with Crippen LogP contribution < -0.4 is 14.4 Å². The molecule has 0 aliphatic rings. The third-order valence-electron chi connectivity index (χ3n) is 6.56. The second-order valence-corrected chi connectivity index (χ2v) is 12.7. The van der Waals surface area contributed by atoms with Crippen LogP contribution in [-0.4, -0.2) is 55.8 Å². The summed E-state index contributed by atoms with van der Waals surface area (Å²) in [7, 11) is -3.08. The molecule has 0 heterocycles. The minimum absolute atomic E-state index is 0.0983. The number of hydrogen-bond acceptors (Lipinski definition) is 7. The number of sulfonamides is 1. The molecule has 14 heteroatoms. The van der Waals surface area contributed by atoms with Gasteiger partial charge in [-0.2, -0.15) is 0 Å². The molecule has 230 valence electrons. The minimum atomic E-state index is -4.53. The van der Waals surface area contributed by atoms with Gasteiger partial charge in [-0.15, -0.1) is 0 Å². The molecule has 3 aromatic carbocycles. The van der Waals surface area contributed by atoms with Crippen LogP contribution in [0.4, 0.5) is 11.4 Å². The number of nitrogens with one attached hydrogen (secondary N) is 1. The molecule has 0 aromatic heterocycles. The van der Waals surface area contributed by atoms with Crippen molar-refractivity contribution in [3.05, 3.63) is 92.0 Å². The second kappa shape index (κ2) is 14.1. The lowest BCUT2D eigenvalue weighted by Gasteiger charge is -2.32. The molecule has 3 rings (SSSR count). The molecular formula is C29H32Cl2N4O7S. The summed E-state index contributed by atoms with van der Waals surface area (Å²) in [5.74, 6) is -0.740. The zero-order valence-corrected chi connectivity index (χ0v) is 26.5. The topological polar surface area (TPSA) is 139 Å². The van der Waals surface area contributed by atoms with Gasteiger partial charge in [0.05, 0.1) is 22.6 Å². The van der Waals surface area contributed by atoms with E-state index in [2.05, 4.69) is 5.32 Å². The normalized spacial score (nSPS) is 12.0. The lowest BCUT2D eigenvalue weighted by atomic mass is 10.1. The van der Waals surface area contributed by atoms with Gasteiger partial charge in [-0.1, -0.05) is 35.3 Å². The van der Waals surface area contributed by atoms with Gasteiger partial charge in [-0.25, -0.2) is 8.42 Å². The average molecular weight is 652 g/mol. The van der Waals surface area contributed by atoms with Crippen molar-refractivity contribution in [3.63, 3.8) is 0 Å². The van der Waals surface area contributed by atoms with Crippen molar-refractivity contribution in [1.82, 2.24) is 10.2 Å². The van der Waals surface area contributed by atoms with Gasteiger partial charge in [0.1, 0.15) is 18.3 Å². The maximum absolute atomic E-state index is 14.0. The van der Waals surface area contributed by atoms with Crippen LogP contribution in [0.3, 0.4) is 0 Å². The zero-order chi connectivity index (χ0) is 32.1. The number of benzene rings is 3. The number of nitro benzene ring substituents is 1. The Labute approximate surface area is 260 Å². The van der Waals surface area contributed by atoms with Gasteiger partial charge in [0.15, 0.2) is 0 Å². The van der Waals surface area contributed by atoms with Crippen molar-refractivity contribution < 1.29 is 27.7 Å². The molecule has 1 atom stereocenters. The number of ether oxygens (including phenoxy) is 1. The third kappa shape index (κ3) is 8.15. The number of nitro groups is 1. The number of rotatable bonds is 12. The molecule has 43 heavy (non-hydrogen) atoms. The average Bonchev–Trinajstić information content (AvgIpc) is 2.94. The number of carbonyl (C=O) groups is 2. The molecule has 2 amide bonds. The smallest absolute Gasteiger partial charge is 0.273 e. The summed E-state index contributed by atoms with van der Waals surface area (Å²) < 4.78 is 34.1. The van der Waals surface area contributed by atoms with Crippen LogP contribution in [0.2, 0.25) is 10.0 Å². The Morgan fingerprint density at radius 3 is 2.23 bits per heavy atom. The maximum atomic E-state index is 14.0. The first-order valence-corrected chi connectivity index (χ1v) is 15.3. The van der Waals surface area contributed by atoms with Gasteiger partial charge in [0.2, 0.25) is 11.8 Å². The van der Waals surface area contributed by atoms with Crippen LogP contribution in [0, 0.1) is 17.0 Å². The maximum Gasteiger partial charge on any atom is 0.273 e. The van der Waals surface area contributed by atoms with Crippen LogP contribution >= 0.6 is 23.2 Å². The Bertz CT molecular complexity index is 1620. The molecule has 0 aliphatic carbocycles. The highest BCUT2D eigenvalue weighted by Gasteiger charge is 2.34. The van der Waals surface area contributed by atoms with Crippen molar-refractivity contribution in [2.75, 3.05) is 18.0 Å². The van der Waals surface area contributed by atoms with E-state index in [0.717, 1.165) is 10.4 Å². The van der Waals surface area contributed by atoms with Gasteiger partial charge >= 0.3 is 0 Å². The fraction of sp³-hybridized carbons (Fsp3) is 0.310. The molecule has 1 N–H and O–H groups in total. The molecule has 0 fully saturated rings. The summed E-state index contributed by atoms with van der Waals surface area (Å²) in [6.07, 6.45) is 0. The summed E-state index contributed by atoms with van der Waals surface area (Å²) in [6.45, 7) is 5.68. The standard InChI is InChI=1S/C29H32Cl2N4O7S/c1-18(2)32-29(37)20(4)33(16-21-7-8-22(30)14-26(21)31)28(36)17-34(23-9-11-24(42-5)12-10-23)43(40,41)25-13-6-19(3)27(15-25)35(38)39/h6-15,18,20H,16-17H2,1-5H3,(H,32,37)/t20-/m0/s1. The van der Waals surface area contributed by atoms with Crippen molar-refractivity contribution in [2.45, 2.75) is 51.2 Å². The van der Waals surface area contributed by atoms with Gasteiger partial charge < -0.3 is 15.0 Å². The summed E-state index contributed by atoms with van der Waals surface area (Å²) in [5, 5.41) is 15.0. The predicted molar refractivity (Wildman–Crippen MR) is 165 cm³/mol. The van der Waals surface area contributed by atoms with Crippen LogP contribution in [0.1, 0.15) is 31.9 Å². The minimum Gasteiger partial charge on any atom is -0.497 e. The Balaban J connectivity index is 2.11. The molecule has 0 saturated carbocycles. The number of nitrogens with zero attached hydrogens (tertiary/aromatic N) is 3. The van der Waals surface area contributed by atoms with Gasteiger partial charge in [-0.05, 0) is 75.7 Å². The van der Waals surface area contributed by atoms with Gasteiger partial charge in [-0.3, -0.25) is 24.0 Å². The fourth-order valence-corrected chi connectivity index (χ4v) is 6.07. The zero-order valence-electron chi connectivity index (χ0n) is 24.2. The summed E-state index contributed by atoms with van der Waals surface area (Å²) >= 11 is 12.4. The highest BCUT2D eigenvalue weighted by atomic mass is 35.5. The van der Waals surface area contributed by atoms with E-state index in [9.17, 15) is 28.1 Å². The van der Waals surface area contributed by atoms with Gasteiger partial charge in [0, 0.05) is 34.3 Å². The number of aryl methyl sites for hydroxylation is 1. The molecular weight excluding hydrogens is 619 g/mol. The molecule has 3 aromatic rings. The molecule has 11 nitrogen and oxygen atoms in total. The Morgan fingerprint density at radius 2 is 1.67 bits per heavy atom. The number of hydrogen-bond donors (Lipinski definition) is 1. The fourth-order valence-electron chi connectivity index (χ4n) is 4.17. The number of methoxy groups -OCH3 is 1. The quantitative estimate of drug-likeness (QED) is 0.206. The highest BCUT2D eigenvalue weighted by molar-refractivity contribution is 7.92. The van der Waals surface area contributed by atoms with Crippen LogP contribution in [0.25, 0.3) is 0 Å². The van der Waals surface area contributed by atoms with E-state index in [-0.39, 0.29) is 39.4 Å². The molecule has 0 saturated heterocycles. The lowest BCUT2D eigenvalue weighted by molar-refractivity contribution is -0.385. The van der Waals surface area contributed by atoms with Crippen molar-refractivity contribution >= 4 is 56.4 Å². The molecule has 0 spiro atoms. The van der Waals surface area contributed by atoms with E-state index < -0.39 is 39.3 Å². The van der Waals surface area contributed by atoms with E-state index in [4.69, 9.17) is 27.9 Å². The summed E-state index contributed by atoms with van der Waals surface area (Å²) in [5.41, 5.74) is 0.463. The van der Waals surface area contributed by atoms with E-state index in [1.807, 2.05) is 0 Å². The van der Waals surface area contributed by atoms with Crippen LogP contribution in [0.15, 0.2) is 65.6 Å². The largest absolute Gasteiger partial charge is 0.497 e. The van der Waals surface area contributed by atoms with Crippen molar-refractivity contribution in [3.8, 4) is 5.75 Å². The van der Waals surface area contributed by atoms with Crippen LogP contribution in [-0.2, 0) is 26.2 Å². The Morgan fingerprint density at radius 1 is 1.02 bits per heavy atom. The Kier molecular flexibility index (Phi) is 11.0. The third-order valence-corrected chi connectivity index (χ3v) is 8.92. The first-order chi connectivity index (χ1) is 20.1. The highest BCUT2D eigenvalue weighted by Crippen LogP contribution is 2.30. The molecule has 0 unspecified atom stereocenters. The SMILES string of the molecule is COc1ccc(N(CC(=O)N(Cc2ccc(Cl)cc2Cl)[C@@H](C)C(=O)NC(C)C)S(=O)(=O)c2ccc(C)c([N+](=O)[O-])c2)cc1. The lowest BCUT2D eigenvalue weighted by Crippen LogP contribution is -2.52. The Hall–Kier alpha value is -3.87.